The Labute approximate surface area is 226 Å². The normalized spacial score (nSPS) is 14.9. The van der Waals surface area contributed by atoms with E-state index < -0.39 is 29.0 Å². The number of amides is 5. The smallest absolute Gasteiger partial charge is 0.446 e. The quantitative estimate of drug-likeness (QED) is 0.268. The number of aromatic nitrogens is 1. The maximum atomic E-state index is 13.3. The zero-order valence-electron chi connectivity index (χ0n) is 21.1. The number of rotatable bonds is 7. The highest BCUT2D eigenvalue weighted by Gasteiger charge is 2.51. The van der Waals surface area contributed by atoms with Crippen LogP contribution in [0.15, 0.2) is 71.8 Å². The number of carbonyl (C=O) groups excluding carboxylic acids is 3. The van der Waals surface area contributed by atoms with Crippen molar-refractivity contribution in [1.82, 2.24) is 9.88 Å². The van der Waals surface area contributed by atoms with Crippen molar-refractivity contribution in [2.75, 3.05) is 22.6 Å². The molecule has 9 nitrogen and oxygen atoms in total. The van der Waals surface area contributed by atoms with E-state index in [-0.39, 0.29) is 34.7 Å². The van der Waals surface area contributed by atoms with Gasteiger partial charge in [-0.15, -0.1) is 0 Å². The fourth-order valence-electron chi connectivity index (χ4n) is 3.93. The summed E-state index contributed by atoms with van der Waals surface area (Å²) in [6.45, 7) is 3.19. The summed E-state index contributed by atoms with van der Waals surface area (Å²) in [7, 11) is 1.52. The number of hydrogen-bond acceptors (Lipinski definition) is 6. The summed E-state index contributed by atoms with van der Waals surface area (Å²) >= 11 is -0.282. The molecule has 204 valence electrons. The minimum Gasteiger partial charge on any atom is -0.497 e. The van der Waals surface area contributed by atoms with Crippen LogP contribution in [0.3, 0.4) is 0 Å². The number of nitrogens with zero attached hydrogens (tertiary/aromatic N) is 3. The van der Waals surface area contributed by atoms with Crippen molar-refractivity contribution in [3.8, 4) is 5.75 Å². The van der Waals surface area contributed by atoms with Gasteiger partial charge in [-0.3, -0.25) is 10.1 Å². The van der Waals surface area contributed by atoms with Crippen LogP contribution in [0, 0.1) is 0 Å². The van der Waals surface area contributed by atoms with Crippen LogP contribution in [0.5, 0.6) is 5.75 Å². The number of ether oxygens (including phenoxy) is 1. The zero-order chi connectivity index (χ0) is 28.4. The first-order valence-electron chi connectivity index (χ1n) is 11.6. The van der Waals surface area contributed by atoms with Crippen LogP contribution < -0.4 is 20.3 Å². The maximum Gasteiger partial charge on any atom is 0.446 e. The summed E-state index contributed by atoms with van der Waals surface area (Å²) in [6.07, 6.45) is 1.46. The lowest BCUT2D eigenvalue weighted by molar-refractivity contribution is -0.123. The SMILES string of the molecule is COc1cccc(NC(=O)Nc2cc(CN3C(=O)N(c4ccc(SC(F)(F)F)cc4)C(=O)C3(C)C)ccn2)c1. The van der Waals surface area contributed by atoms with Gasteiger partial charge in [0.05, 0.1) is 12.8 Å². The highest BCUT2D eigenvalue weighted by molar-refractivity contribution is 8.00. The van der Waals surface area contributed by atoms with Crippen LogP contribution in [0.2, 0.25) is 0 Å². The maximum absolute atomic E-state index is 13.3. The Balaban J connectivity index is 1.47. The van der Waals surface area contributed by atoms with Gasteiger partial charge in [-0.2, -0.15) is 13.2 Å². The summed E-state index contributed by atoms with van der Waals surface area (Å²) in [5.41, 5.74) is -4.42. The van der Waals surface area contributed by atoms with Crippen LogP contribution in [0.1, 0.15) is 19.4 Å². The molecule has 0 spiro atoms. The van der Waals surface area contributed by atoms with Crippen molar-refractivity contribution in [3.05, 3.63) is 72.4 Å². The number of alkyl halides is 3. The fourth-order valence-corrected chi connectivity index (χ4v) is 4.47. The number of urea groups is 2. The molecule has 0 radical (unpaired) electrons. The van der Waals surface area contributed by atoms with E-state index in [1.54, 1.807) is 50.2 Å². The number of nitrogens with one attached hydrogen (secondary N) is 2. The second-order valence-corrected chi connectivity index (χ2v) is 10.1. The minimum absolute atomic E-state index is 0.0186. The molecule has 39 heavy (non-hydrogen) atoms. The minimum atomic E-state index is -4.45. The van der Waals surface area contributed by atoms with Crippen molar-refractivity contribution in [2.45, 2.75) is 36.3 Å². The number of hydrogen-bond donors (Lipinski definition) is 2. The van der Waals surface area contributed by atoms with Gasteiger partial charge >= 0.3 is 17.6 Å². The Hall–Kier alpha value is -4.26. The molecule has 1 saturated heterocycles. The lowest BCUT2D eigenvalue weighted by atomic mass is 10.0. The summed E-state index contributed by atoms with van der Waals surface area (Å²) in [4.78, 5) is 45.3. The van der Waals surface area contributed by atoms with Gasteiger partial charge in [0.1, 0.15) is 17.1 Å². The molecular weight excluding hydrogens is 535 g/mol. The summed E-state index contributed by atoms with van der Waals surface area (Å²) in [5, 5.41) is 5.30. The Bertz CT molecular complexity index is 1400. The average molecular weight is 560 g/mol. The molecule has 1 aliphatic rings. The molecule has 2 aromatic carbocycles. The van der Waals surface area contributed by atoms with Gasteiger partial charge in [-0.1, -0.05) is 6.07 Å². The fraction of sp³-hybridized carbons (Fsp3) is 0.231. The number of methoxy groups -OCH3 is 1. The molecule has 0 unspecified atom stereocenters. The third-order valence-electron chi connectivity index (χ3n) is 5.89. The highest BCUT2D eigenvalue weighted by atomic mass is 32.2. The van der Waals surface area contributed by atoms with E-state index in [4.69, 9.17) is 4.74 Å². The molecule has 1 fully saturated rings. The second-order valence-electron chi connectivity index (χ2n) is 8.97. The lowest BCUT2D eigenvalue weighted by Gasteiger charge is -2.27. The van der Waals surface area contributed by atoms with Crippen LogP contribution in [0.25, 0.3) is 0 Å². The molecule has 0 bridgehead atoms. The molecule has 3 aromatic rings. The molecular formula is C26H24F3N5O4S. The predicted octanol–water partition coefficient (Wildman–Crippen LogP) is 6.09. The van der Waals surface area contributed by atoms with Crippen LogP contribution in [-0.4, -0.2) is 46.0 Å². The number of pyridine rings is 1. The van der Waals surface area contributed by atoms with Gasteiger partial charge in [0.25, 0.3) is 5.91 Å². The van der Waals surface area contributed by atoms with E-state index in [9.17, 15) is 27.6 Å². The lowest BCUT2D eigenvalue weighted by Crippen LogP contribution is -2.43. The predicted molar refractivity (Wildman–Crippen MR) is 141 cm³/mol. The number of imide groups is 1. The Morgan fingerprint density at radius 3 is 2.44 bits per heavy atom. The first kappa shape index (κ1) is 27.8. The van der Waals surface area contributed by atoms with Crippen molar-refractivity contribution in [3.63, 3.8) is 0 Å². The number of halogens is 3. The van der Waals surface area contributed by atoms with Gasteiger partial charge in [0.15, 0.2) is 0 Å². The van der Waals surface area contributed by atoms with Crippen LogP contribution in [-0.2, 0) is 11.3 Å². The molecule has 0 aliphatic carbocycles. The van der Waals surface area contributed by atoms with Crippen molar-refractivity contribution >= 4 is 46.9 Å². The molecule has 0 atom stereocenters. The summed E-state index contributed by atoms with van der Waals surface area (Å²) in [6, 6.07) is 13.9. The molecule has 0 saturated carbocycles. The Morgan fingerprint density at radius 1 is 1.05 bits per heavy atom. The summed E-state index contributed by atoms with van der Waals surface area (Å²) in [5.74, 6) is 0.276. The van der Waals surface area contributed by atoms with Crippen LogP contribution in [0.4, 0.5) is 40.0 Å². The molecule has 5 amide bonds. The van der Waals surface area contributed by atoms with Crippen molar-refractivity contribution in [2.24, 2.45) is 0 Å². The molecule has 13 heteroatoms. The van der Waals surface area contributed by atoms with Gasteiger partial charge in [0.2, 0.25) is 0 Å². The summed E-state index contributed by atoms with van der Waals surface area (Å²) < 4.78 is 43.1. The van der Waals surface area contributed by atoms with E-state index >= 15 is 0 Å². The zero-order valence-corrected chi connectivity index (χ0v) is 21.9. The van der Waals surface area contributed by atoms with Gasteiger partial charge in [0, 0.05) is 29.4 Å². The van der Waals surface area contributed by atoms with E-state index in [0.29, 0.717) is 17.0 Å². The molecule has 2 heterocycles. The van der Waals surface area contributed by atoms with E-state index in [1.807, 2.05) is 0 Å². The monoisotopic (exact) mass is 559 g/mol. The third kappa shape index (κ3) is 6.42. The largest absolute Gasteiger partial charge is 0.497 e. The molecule has 1 aromatic heterocycles. The number of benzene rings is 2. The number of carbonyl (C=O) groups is 3. The third-order valence-corrected chi connectivity index (χ3v) is 6.63. The number of thioether (sulfide) groups is 1. The van der Waals surface area contributed by atoms with Crippen LogP contribution >= 0.6 is 11.8 Å². The number of anilines is 3. The van der Waals surface area contributed by atoms with Gasteiger partial charge < -0.3 is 15.0 Å². The average Bonchev–Trinajstić information content (AvgIpc) is 3.03. The first-order chi connectivity index (χ1) is 18.4. The highest BCUT2D eigenvalue weighted by Crippen LogP contribution is 2.39. The molecule has 1 aliphatic heterocycles. The van der Waals surface area contributed by atoms with Gasteiger partial charge in [-0.25, -0.2) is 19.5 Å². The van der Waals surface area contributed by atoms with E-state index in [2.05, 4.69) is 15.6 Å². The Kier molecular flexibility index (Phi) is 7.72. The van der Waals surface area contributed by atoms with Crippen molar-refractivity contribution in [1.29, 1.82) is 0 Å². The Morgan fingerprint density at radius 2 is 1.77 bits per heavy atom. The van der Waals surface area contributed by atoms with E-state index in [0.717, 1.165) is 4.90 Å². The van der Waals surface area contributed by atoms with E-state index in [1.165, 1.54) is 42.5 Å². The second kappa shape index (κ2) is 10.8. The topological polar surface area (TPSA) is 104 Å². The molecule has 2 N–H and O–H groups in total. The molecule has 4 rings (SSSR count). The standard InChI is InChI=1S/C26H24F3N5O4S/c1-25(2)22(35)34(18-7-9-20(10-8-18)39-26(27,28)29)24(37)33(25)15-16-11-12-30-21(13-16)32-23(36)31-17-5-4-6-19(14-17)38-3/h4-14H,15H2,1-3H3,(H2,30,31,32,36). The first-order valence-corrected chi connectivity index (χ1v) is 12.4. The van der Waals surface area contributed by atoms with Crippen molar-refractivity contribution < 1.29 is 32.3 Å². The van der Waals surface area contributed by atoms with Gasteiger partial charge in [-0.05, 0) is 79.7 Å².